The zero-order valence-corrected chi connectivity index (χ0v) is 7.52. The number of rotatable bonds is 2. The lowest BCUT2D eigenvalue weighted by Gasteiger charge is -2.05. The molecule has 7 heavy (non-hydrogen) atoms. The van der Waals surface area contributed by atoms with E-state index >= 15 is 0 Å². The van der Waals surface area contributed by atoms with E-state index in [0.717, 1.165) is 6.42 Å². The van der Waals surface area contributed by atoms with Crippen molar-refractivity contribution in [2.24, 2.45) is 0 Å². The molecule has 0 aromatic carbocycles. The van der Waals surface area contributed by atoms with E-state index in [1.165, 1.54) is 0 Å². The molecule has 0 rings (SSSR count). The van der Waals surface area contributed by atoms with Gasteiger partial charge >= 0.3 is 0 Å². The molecule has 0 saturated heterocycles. The van der Waals surface area contributed by atoms with Gasteiger partial charge in [0, 0.05) is 4.83 Å². The molecule has 0 aromatic rings. The van der Waals surface area contributed by atoms with Crippen molar-refractivity contribution in [1.82, 2.24) is 0 Å². The minimum absolute atomic E-state index is 0.146. The minimum Gasteiger partial charge on any atom is -0.382 e. The molecule has 0 aliphatic heterocycles. The maximum atomic E-state index is 8.72. The van der Waals surface area contributed by atoms with Crippen LogP contribution in [0.3, 0.4) is 0 Å². The van der Waals surface area contributed by atoms with Crippen LogP contribution < -0.4 is 0 Å². The van der Waals surface area contributed by atoms with E-state index in [2.05, 4.69) is 22.9 Å². The van der Waals surface area contributed by atoms with Crippen LogP contribution >= 0.6 is 38.5 Å². The monoisotopic (exact) mass is 277 g/mol. The third-order valence-corrected chi connectivity index (χ3v) is 3.39. The van der Waals surface area contributed by atoms with E-state index in [4.69, 9.17) is 5.11 Å². The molecule has 0 spiro atoms. The fourth-order valence-electron chi connectivity index (χ4n) is 0.138. The molecular weight excluding hydrogens is 271 g/mol. The molecular formula is C4H7BrIO. The minimum atomic E-state index is -0.310. The van der Waals surface area contributed by atoms with Gasteiger partial charge in [0.25, 0.3) is 0 Å². The second-order valence-corrected chi connectivity index (χ2v) is 3.63. The third-order valence-electron chi connectivity index (χ3n) is 0.574. The van der Waals surface area contributed by atoms with Crippen LogP contribution in [0.25, 0.3) is 0 Å². The lowest BCUT2D eigenvalue weighted by atomic mass is 10.4. The van der Waals surface area contributed by atoms with Gasteiger partial charge in [-0.05, 0) is 6.42 Å². The summed E-state index contributed by atoms with van der Waals surface area (Å²) in [5.41, 5.74) is 0. The first-order valence-electron chi connectivity index (χ1n) is 1.94. The fraction of sp³-hybridized carbons (Fsp3) is 0.750. The molecule has 1 nitrogen and oxygen atoms in total. The summed E-state index contributed by atoms with van der Waals surface area (Å²) in [5, 5.41) is 8.72. The summed E-state index contributed by atoms with van der Waals surface area (Å²) in [4.78, 5) is 0.146. The summed E-state index contributed by atoms with van der Waals surface area (Å²) in [5.74, 6) is 0. The fourth-order valence-corrected chi connectivity index (χ4v) is 0.497. The molecule has 0 aliphatic rings. The van der Waals surface area contributed by atoms with Gasteiger partial charge in [-0.1, -0.05) is 45.4 Å². The highest BCUT2D eigenvalue weighted by Crippen LogP contribution is 2.13. The van der Waals surface area contributed by atoms with Gasteiger partial charge in [0.05, 0.1) is 0 Å². The maximum absolute atomic E-state index is 8.72. The highest BCUT2D eigenvalue weighted by Gasteiger charge is 2.07. The van der Waals surface area contributed by atoms with Gasteiger partial charge in [0.2, 0.25) is 0 Å². The van der Waals surface area contributed by atoms with Crippen molar-refractivity contribution in [2.75, 3.05) is 0 Å². The SMILES string of the molecule is [CH2]CC(Br)C(O)I. The second kappa shape index (κ2) is 4.09. The standard InChI is InChI=1S/C4H7BrIO/c1-2-3(5)4(6)7/h3-4,7H,1-2H2. The van der Waals surface area contributed by atoms with Crippen molar-refractivity contribution in [1.29, 1.82) is 0 Å². The molecule has 0 bridgehead atoms. The molecule has 1 N–H and O–H groups in total. The van der Waals surface area contributed by atoms with Crippen LogP contribution in [0.15, 0.2) is 0 Å². The van der Waals surface area contributed by atoms with E-state index in [0.29, 0.717) is 0 Å². The summed E-state index contributed by atoms with van der Waals surface area (Å²) in [6.45, 7) is 3.60. The molecule has 2 unspecified atom stereocenters. The number of halogens is 2. The van der Waals surface area contributed by atoms with Crippen molar-refractivity contribution < 1.29 is 5.11 Å². The van der Waals surface area contributed by atoms with Gasteiger partial charge in [-0.2, -0.15) is 0 Å². The van der Waals surface area contributed by atoms with Crippen molar-refractivity contribution >= 4 is 38.5 Å². The highest BCUT2D eigenvalue weighted by atomic mass is 127. The van der Waals surface area contributed by atoms with Gasteiger partial charge in [0.15, 0.2) is 0 Å². The Kier molecular flexibility index (Phi) is 4.77. The van der Waals surface area contributed by atoms with Crippen LogP contribution in [0, 0.1) is 6.92 Å². The van der Waals surface area contributed by atoms with Crippen molar-refractivity contribution in [3.8, 4) is 0 Å². The van der Waals surface area contributed by atoms with Gasteiger partial charge in [-0.15, -0.1) is 0 Å². The molecule has 0 amide bonds. The van der Waals surface area contributed by atoms with Crippen LogP contribution in [0.2, 0.25) is 0 Å². The molecule has 3 heteroatoms. The predicted octanol–water partition coefficient (Wildman–Crippen LogP) is 1.73. The first kappa shape index (κ1) is 8.17. The molecule has 0 aromatic heterocycles. The van der Waals surface area contributed by atoms with Crippen LogP contribution in [0.1, 0.15) is 6.42 Å². The summed E-state index contributed by atoms with van der Waals surface area (Å²) in [6, 6.07) is 0. The molecule has 43 valence electrons. The van der Waals surface area contributed by atoms with E-state index in [1.807, 2.05) is 22.6 Å². The van der Waals surface area contributed by atoms with E-state index in [1.54, 1.807) is 0 Å². The quantitative estimate of drug-likeness (QED) is 0.602. The average Bonchev–Trinajstić information content (AvgIpc) is 1.65. The smallest absolute Gasteiger partial charge is 0.117 e. The first-order chi connectivity index (χ1) is 3.18. The second-order valence-electron chi connectivity index (χ2n) is 1.18. The van der Waals surface area contributed by atoms with Gasteiger partial charge in [0.1, 0.15) is 4.11 Å². The van der Waals surface area contributed by atoms with E-state index < -0.39 is 0 Å². The highest BCUT2D eigenvalue weighted by molar-refractivity contribution is 14.1. The number of hydrogen-bond acceptors (Lipinski definition) is 1. The van der Waals surface area contributed by atoms with Crippen LogP contribution in [0.5, 0.6) is 0 Å². The van der Waals surface area contributed by atoms with Gasteiger partial charge < -0.3 is 5.11 Å². The summed E-state index contributed by atoms with van der Waals surface area (Å²) in [7, 11) is 0. The largest absolute Gasteiger partial charge is 0.382 e. The molecule has 1 radical (unpaired) electrons. The zero-order chi connectivity index (χ0) is 5.86. The molecule has 0 saturated carbocycles. The Morgan fingerprint density at radius 1 is 1.86 bits per heavy atom. The van der Waals surface area contributed by atoms with Crippen LogP contribution in [-0.2, 0) is 0 Å². The van der Waals surface area contributed by atoms with Crippen molar-refractivity contribution in [2.45, 2.75) is 15.4 Å². The molecule has 0 heterocycles. The van der Waals surface area contributed by atoms with Gasteiger partial charge in [-0.3, -0.25) is 0 Å². The van der Waals surface area contributed by atoms with Gasteiger partial charge in [-0.25, -0.2) is 0 Å². The van der Waals surface area contributed by atoms with E-state index in [9.17, 15) is 0 Å². The Morgan fingerprint density at radius 3 is 2.29 bits per heavy atom. The Balaban J connectivity index is 3.14. The summed E-state index contributed by atoms with van der Waals surface area (Å²) < 4.78 is -0.310. The maximum Gasteiger partial charge on any atom is 0.117 e. The number of aliphatic hydroxyl groups is 1. The molecule has 0 aliphatic carbocycles. The zero-order valence-electron chi connectivity index (χ0n) is 3.77. The number of hydrogen-bond donors (Lipinski definition) is 1. The molecule has 0 fully saturated rings. The predicted molar refractivity (Wildman–Crippen MR) is 42.7 cm³/mol. The Bertz CT molecular complexity index is 49.0. The lowest BCUT2D eigenvalue weighted by Crippen LogP contribution is -2.10. The normalized spacial score (nSPS) is 18.9. The van der Waals surface area contributed by atoms with E-state index in [-0.39, 0.29) is 8.94 Å². The Morgan fingerprint density at radius 2 is 2.29 bits per heavy atom. The van der Waals surface area contributed by atoms with Crippen molar-refractivity contribution in [3.05, 3.63) is 6.92 Å². The average molecular weight is 278 g/mol. The topological polar surface area (TPSA) is 20.2 Å². The Hall–Kier alpha value is 1.17. The van der Waals surface area contributed by atoms with Crippen molar-refractivity contribution in [3.63, 3.8) is 0 Å². The van der Waals surface area contributed by atoms with Crippen LogP contribution in [0.4, 0.5) is 0 Å². The Labute approximate surface area is 65.8 Å². The summed E-state index contributed by atoms with van der Waals surface area (Å²) in [6.07, 6.45) is 0.726. The first-order valence-corrected chi connectivity index (χ1v) is 4.10. The number of alkyl halides is 2. The van der Waals surface area contributed by atoms with Crippen LogP contribution in [-0.4, -0.2) is 14.0 Å². The molecule has 2 atom stereocenters. The number of aliphatic hydroxyl groups excluding tert-OH is 1. The summed E-state index contributed by atoms with van der Waals surface area (Å²) >= 11 is 5.16. The third kappa shape index (κ3) is 3.73. The lowest BCUT2D eigenvalue weighted by molar-refractivity contribution is 0.277.